The van der Waals surface area contributed by atoms with Gasteiger partial charge >= 0.3 is 0 Å². The molecule has 8 nitrogen and oxygen atoms in total. The number of nitrogens with zero attached hydrogens (tertiary/aromatic N) is 4. The van der Waals surface area contributed by atoms with Crippen molar-refractivity contribution in [3.8, 4) is 11.5 Å². The summed E-state index contributed by atoms with van der Waals surface area (Å²) in [7, 11) is 0. The summed E-state index contributed by atoms with van der Waals surface area (Å²) in [6.45, 7) is 2.58. The normalized spacial score (nSPS) is 11.6. The van der Waals surface area contributed by atoms with Gasteiger partial charge in [0.25, 0.3) is 0 Å². The third-order valence-corrected chi connectivity index (χ3v) is 6.96. The van der Waals surface area contributed by atoms with E-state index in [-0.39, 0.29) is 0 Å². The zero-order chi connectivity index (χ0) is 31.2. The summed E-state index contributed by atoms with van der Waals surface area (Å²) in [5, 5.41) is 2.00. The van der Waals surface area contributed by atoms with E-state index in [0.29, 0.717) is 51.1 Å². The molecule has 6 aromatic rings. The summed E-state index contributed by atoms with van der Waals surface area (Å²) in [5.41, 5.74) is 4.87. The van der Waals surface area contributed by atoms with E-state index in [2.05, 4.69) is 9.98 Å². The Hall–Kier alpha value is -5.44. The van der Waals surface area contributed by atoms with Gasteiger partial charge in [0, 0.05) is 10.8 Å². The van der Waals surface area contributed by atoms with Gasteiger partial charge < -0.3 is 18.9 Å². The van der Waals surface area contributed by atoms with E-state index >= 15 is 0 Å². The molecule has 4 aromatic carbocycles. The number of para-hydroxylation sites is 4. The van der Waals surface area contributed by atoms with Crippen LogP contribution in [0, 0.1) is 0 Å². The third kappa shape index (κ3) is 8.59. The Morgan fingerprint density at radius 1 is 0.435 bits per heavy atom. The predicted molar refractivity (Wildman–Crippen MR) is 184 cm³/mol. The largest absolute Gasteiger partial charge is 0.489 e. The number of aliphatic imine (C=N–C) groups is 2. The van der Waals surface area contributed by atoms with E-state index in [9.17, 15) is 0 Å². The second-order valence-corrected chi connectivity index (χ2v) is 10.2. The minimum Gasteiger partial charge on any atom is -0.489 e. The molecule has 8 heteroatoms. The summed E-state index contributed by atoms with van der Waals surface area (Å²) < 4.78 is 23.4. The third-order valence-electron chi connectivity index (χ3n) is 6.96. The zero-order valence-electron chi connectivity index (χ0n) is 25.4. The van der Waals surface area contributed by atoms with Crippen molar-refractivity contribution in [3.05, 3.63) is 133 Å². The van der Waals surface area contributed by atoms with E-state index in [4.69, 9.17) is 28.9 Å². The first kappa shape index (κ1) is 30.6. The van der Waals surface area contributed by atoms with Crippen molar-refractivity contribution < 1.29 is 18.9 Å². The summed E-state index contributed by atoms with van der Waals surface area (Å²) in [6, 6.07) is 39.3. The first-order valence-electron chi connectivity index (χ1n) is 15.2. The molecule has 0 aliphatic rings. The van der Waals surface area contributed by atoms with E-state index < -0.39 is 0 Å². The Bertz CT molecular complexity index is 1770. The Labute approximate surface area is 268 Å². The predicted octanol–water partition coefficient (Wildman–Crippen LogP) is 7.78. The Morgan fingerprint density at radius 3 is 1.33 bits per heavy atom. The number of fused-ring (bicyclic) bond motifs is 2. The molecule has 0 aliphatic carbocycles. The maximum atomic E-state index is 6.01. The highest BCUT2D eigenvalue weighted by molar-refractivity contribution is 5.90. The minimum atomic E-state index is 0.401. The van der Waals surface area contributed by atoms with Crippen molar-refractivity contribution in [2.75, 3.05) is 39.6 Å². The van der Waals surface area contributed by atoms with Crippen LogP contribution in [0.2, 0.25) is 0 Å². The first-order chi connectivity index (χ1) is 22.8. The molecule has 0 saturated heterocycles. The number of pyridine rings is 2. The fraction of sp³-hybridized carbons (Fsp3) is 0.158. The second-order valence-electron chi connectivity index (χ2n) is 10.2. The minimum absolute atomic E-state index is 0.401. The average Bonchev–Trinajstić information content (AvgIpc) is 3.11. The smallest absolute Gasteiger partial charge is 0.145 e. The SMILES string of the molecule is C(=Nc1ccccc1)c1ccc2cccc(OCCOCCOCCOc3cccc4ccc(C=Nc5ccccc5)nc34)c2n1. The lowest BCUT2D eigenvalue weighted by Gasteiger charge is -2.11. The number of rotatable bonds is 15. The lowest BCUT2D eigenvalue weighted by molar-refractivity contribution is 0.0276. The molecular formula is C38H34N4O4. The standard InChI is InChI=1S/C38H34N4O4/c1-3-11-31(12-4-1)39-27-33-19-17-29-9-7-15-35(37(29)41-33)45-25-23-43-21-22-44-24-26-46-36-16-8-10-30-18-20-34(42-38(30)36)28-40-32-13-5-2-6-14-32/h1-20,27-28H,21-26H2. The molecule has 230 valence electrons. The van der Waals surface area contributed by atoms with Crippen LogP contribution in [0.1, 0.15) is 11.4 Å². The lowest BCUT2D eigenvalue weighted by Crippen LogP contribution is -2.13. The maximum absolute atomic E-state index is 6.01. The molecule has 0 atom stereocenters. The summed E-state index contributed by atoms with van der Waals surface area (Å²) in [6.07, 6.45) is 3.52. The summed E-state index contributed by atoms with van der Waals surface area (Å²) >= 11 is 0. The fourth-order valence-electron chi connectivity index (χ4n) is 4.70. The van der Waals surface area contributed by atoms with Crippen molar-refractivity contribution >= 4 is 45.6 Å². The van der Waals surface area contributed by atoms with Crippen molar-refractivity contribution in [1.82, 2.24) is 9.97 Å². The number of benzene rings is 4. The Morgan fingerprint density at radius 2 is 0.870 bits per heavy atom. The summed E-state index contributed by atoms with van der Waals surface area (Å²) in [5.74, 6) is 1.42. The highest BCUT2D eigenvalue weighted by Gasteiger charge is 2.06. The van der Waals surface area contributed by atoms with Crippen molar-refractivity contribution in [2.45, 2.75) is 0 Å². The van der Waals surface area contributed by atoms with Crippen LogP contribution in [0.5, 0.6) is 11.5 Å². The molecule has 2 aromatic heterocycles. The van der Waals surface area contributed by atoms with E-state index in [1.54, 1.807) is 12.4 Å². The van der Waals surface area contributed by atoms with Crippen LogP contribution in [0.3, 0.4) is 0 Å². The van der Waals surface area contributed by atoms with Gasteiger partial charge in [-0.25, -0.2) is 9.97 Å². The van der Waals surface area contributed by atoms with E-state index in [1.165, 1.54) is 0 Å². The molecule has 46 heavy (non-hydrogen) atoms. The molecule has 0 bridgehead atoms. The van der Waals surface area contributed by atoms with Crippen LogP contribution in [-0.4, -0.2) is 62.0 Å². The molecule has 6 rings (SSSR count). The number of aromatic nitrogens is 2. The number of hydrogen-bond donors (Lipinski definition) is 0. The average molecular weight is 611 g/mol. The molecule has 0 amide bonds. The van der Waals surface area contributed by atoms with Crippen LogP contribution in [0.4, 0.5) is 11.4 Å². The molecule has 0 aliphatic heterocycles. The van der Waals surface area contributed by atoms with Gasteiger partial charge in [-0.2, -0.15) is 0 Å². The number of hydrogen-bond acceptors (Lipinski definition) is 8. The van der Waals surface area contributed by atoms with Crippen LogP contribution in [0.25, 0.3) is 21.8 Å². The highest BCUT2D eigenvalue weighted by atomic mass is 16.6. The van der Waals surface area contributed by atoms with Gasteiger partial charge in [-0.3, -0.25) is 9.98 Å². The Kier molecular flexibility index (Phi) is 10.7. The Balaban J connectivity index is 0.909. The van der Waals surface area contributed by atoms with Gasteiger partial charge in [0.2, 0.25) is 0 Å². The van der Waals surface area contributed by atoms with Gasteiger partial charge in [-0.1, -0.05) is 72.8 Å². The maximum Gasteiger partial charge on any atom is 0.145 e. The molecule has 2 heterocycles. The van der Waals surface area contributed by atoms with Crippen LogP contribution < -0.4 is 9.47 Å². The van der Waals surface area contributed by atoms with Crippen molar-refractivity contribution in [1.29, 1.82) is 0 Å². The van der Waals surface area contributed by atoms with E-state index in [1.807, 2.05) is 121 Å². The highest BCUT2D eigenvalue weighted by Crippen LogP contribution is 2.25. The van der Waals surface area contributed by atoms with Crippen LogP contribution in [-0.2, 0) is 9.47 Å². The van der Waals surface area contributed by atoms with Crippen molar-refractivity contribution in [3.63, 3.8) is 0 Å². The quantitative estimate of drug-likeness (QED) is 0.0872. The van der Waals surface area contributed by atoms with Gasteiger partial charge in [0.15, 0.2) is 0 Å². The van der Waals surface area contributed by atoms with Crippen molar-refractivity contribution in [2.24, 2.45) is 9.98 Å². The lowest BCUT2D eigenvalue weighted by atomic mass is 10.2. The van der Waals surface area contributed by atoms with Gasteiger partial charge in [-0.05, 0) is 48.5 Å². The zero-order valence-corrected chi connectivity index (χ0v) is 25.4. The number of ether oxygens (including phenoxy) is 4. The van der Waals surface area contributed by atoms with Crippen LogP contribution >= 0.6 is 0 Å². The molecular weight excluding hydrogens is 576 g/mol. The first-order valence-corrected chi connectivity index (χ1v) is 15.2. The molecule has 0 fully saturated rings. The molecule has 0 radical (unpaired) electrons. The van der Waals surface area contributed by atoms with Gasteiger partial charge in [0.1, 0.15) is 35.7 Å². The molecule has 0 saturated carbocycles. The molecule has 0 N–H and O–H groups in total. The monoisotopic (exact) mass is 610 g/mol. The summed E-state index contributed by atoms with van der Waals surface area (Å²) in [4.78, 5) is 18.5. The molecule has 0 unspecified atom stereocenters. The fourth-order valence-corrected chi connectivity index (χ4v) is 4.70. The topological polar surface area (TPSA) is 87.4 Å². The van der Waals surface area contributed by atoms with Gasteiger partial charge in [-0.15, -0.1) is 0 Å². The van der Waals surface area contributed by atoms with Gasteiger partial charge in [0.05, 0.1) is 61.6 Å². The molecule has 0 spiro atoms. The van der Waals surface area contributed by atoms with Crippen LogP contribution in [0.15, 0.2) is 131 Å². The second kappa shape index (κ2) is 16.0. The van der Waals surface area contributed by atoms with E-state index in [0.717, 1.165) is 44.6 Å².